The van der Waals surface area contributed by atoms with Gasteiger partial charge in [-0.1, -0.05) is 46.0 Å². The first kappa shape index (κ1) is 17.3. The minimum Gasteiger partial charge on any atom is -0.381 e. The van der Waals surface area contributed by atoms with Crippen LogP contribution >= 0.6 is 12.6 Å². The molecule has 0 aromatic carbocycles. The first-order chi connectivity index (χ1) is 8.27. The molecule has 1 nitrogen and oxygen atoms in total. The molecule has 0 unspecified atom stereocenters. The van der Waals surface area contributed by atoms with Gasteiger partial charge in [0.05, 0.1) is 0 Å². The largest absolute Gasteiger partial charge is 0.381 e. The molecule has 0 fully saturated rings. The van der Waals surface area contributed by atoms with E-state index in [1.165, 1.54) is 57.8 Å². The van der Waals surface area contributed by atoms with Crippen LogP contribution in [0, 0.1) is 5.92 Å². The van der Waals surface area contributed by atoms with E-state index in [-0.39, 0.29) is 0 Å². The number of thiol groups is 1. The molecule has 0 N–H and O–H groups in total. The summed E-state index contributed by atoms with van der Waals surface area (Å²) in [6, 6.07) is 0. The van der Waals surface area contributed by atoms with Gasteiger partial charge in [-0.15, -0.1) is 0 Å². The minimum atomic E-state index is 0.816. The van der Waals surface area contributed by atoms with E-state index in [1.54, 1.807) is 0 Å². The Morgan fingerprint density at radius 2 is 1.29 bits per heavy atom. The van der Waals surface area contributed by atoms with Crippen molar-refractivity contribution in [2.45, 2.75) is 71.6 Å². The highest BCUT2D eigenvalue weighted by molar-refractivity contribution is 7.80. The molecule has 0 aliphatic rings. The number of ether oxygens (including phenoxy) is 1. The van der Waals surface area contributed by atoms with Crippen molar-refractivity contribution in [2.24, 2.45) is 5.92 Å². The Bertz CT molecular complexity index is 137. The Kier molecular flexibility index (Phi) is 14.6. The average molecular weight is 260 g/mol. The Morgan fingerprint density at radius 3 is 1.88 bits per heavy atom. The molecule has 0 atom stereocenters. The van der Waals surface area contributed by atoms with Crippen molar-refractivity contribution < 1.29 is 4.74 Å². The van der Waals surface area contributed by atoms with Crippen LogP contribution < -0.4 is 0 Å². The molecule has 0 amide bonds. The maximum Gasteiger partial charge on any atom is 0.0466 e. The quantitative estimate of drug-likeness (QED) is 0.358. The molecule has 0 aromatic heterocycles. The summed E-state index contributed by atoms with van der Waals surface area (Å²) in [5, 5.41) is 0. The van der Waals surface area contributed by atoms with Crippen LogP contribution in [-0.2, 0) is 4.74 Å². The molecule has 0 saturated carbocycles. The van der Waals surface area contributed by atoms with Crippen LogP contribution in [0.25, 0.3) is 0 Å². The van der Waals surface area contributed by atoms with Crippen LogP contribution in [0.3, 0.4) is 0 Å². The van der Waals surface area contributed by atoms with Crippen LogP contribution in [-0.4, -0.2) is 19.0 Å². The van der Waals surface area contributed by atoms with E-state index < -0.39 is 0 Å². The van der Waals surface area contributed by atoms with E-state index in [0.29, 0.717) is 0 Å². The van der Waals surface area contributed by atoms with Crippen molar-refractivity contribution in [3.63, 3.8) is 0 Å². The lowest BCUT2D eigenvalue weighted by Crippen LogP contribution is -1.99. The second kappa shape index (κ2) is 14.4. The molecule has 0 rings (SSSR count). The Labute approximate surface area is 114 Å². The molecule has 0 aliphatic heterocycles. The van der Waals surface area contributed by atoms with Crippen molar-refractivity contribution in [3.05, 3.63) is 0 Å². The summed E-state index contributed by atoms with van der Waals surface area (Å²) in [4.78, 5) is 0. The van der Waals surface area contributed by atoms with Gasteiger partial charge in [0.1, 0.15) is 0 Å². The number of hydrogen-bond acceptors (Lipinski definition) is 2. The molecule has 0 aromatic rings. The first-order valence-electron chi connectivity index (χ1n) is 7.46. The maximum atomic E-state index is 5.62. The van der Waals surface area contributed by atoms with Crippen molar-refractivity contribution in [2.75, 3.05) is 19.0 Å². The minimum absolute atomic E-state index is 0.816. The van der Waals surface area contributed by atoms with Gasteiger partial charge in [0.2, 0.25) is 0 Å². The van der Waals surface area contributed by atoms with E-state index in [9.17, 15) is 0 Å². The highest BCUT2D eigenvalue weighted by Gasteiger charge is 1.95. The van der Waals surface area contributed by atoms with Gasteiger partial charge in [0.15, 0.2) is 0 Å². The van der Waals surface area contributed by atoms with Crippen molar-refractivity contribution in [3.8, 4) is 0 Å². The van der Waals surface area contributed by atoms with Gasteiger partial charge in [0.25, 0.3) is 0 Å². The second-order valence-electron chi connectivity index (χ2n) is 5.35. The zero-order valence-electron chi connectivity index (χ0n) is 11.9. The fraction of sp³-hybridized carbons (Fsp3) is 1.00. The lowest BCUT2D eigenvalue weighted by atomic mass is 10.1. The third-order valence-corrected chi connectivity index (χ3v) is 3.33. The van der Waals surface area contributed by atoms with E-state index in [1.807, 2.05) is 0 Å². The van der Waals surface area contributed by atoms with Gasteiger partial charge in [-0.3, -0.25) is 0 Å². The van der Waals surface area contributed by atoms with Crippen LogP contribution in [0.4, 0.5) is 0 Å². The van der Waals surface area contributed by atoms with Crippen molar-refractivity contribution in [1.29, 1.82) is 0 Å². The Morgan fingerprint density at radius 1 is 0.765 bits per heavy atom. The maximum absolute atomic E-state index is 5.62. The summed E-state index contributed by atoms with van der Waals surface area (Å²) in [6.45, 7) is 6.47. The molecular formula is C15H32OS. The topological polar surface area (TPSA) is 9.23 Å². The molecule has 0 bridgehead atoms. The van der Waals surface area contributed by atoms with Crippen LogP contribution in [0.15, 0.2) is 0 Å². The third-order valence-electron chi connectivity index (χ3n) is 3.02. The van der Waals surface area contributed by atoms with E-state index in [4.69, 9.17) is 4.74 Å². The van der Waals surface area contributed by atoms with Gasteiger partial charge < -0.3 is 4.74 Å². The van der Waals surface area contributed by atoms with Crippen LogP contribution in [0.2, 0.25) is 0 Å². The highest BCUT2D eigenvalue weighted by atomic mass is 32.1. The number of unbranched alkanes of at least 4 members (excludes halogenated alkanes) is 6. The predicted molar refractivity (Wildman–Crippen MR) is 81.1 cm³/mol. The van der Waals surface area contributed by atoms with Gasteiger partial charge >= 0.3 is 0 Å². The molecular weight excluding hydrogens is 228 g/mol. The monoisotopic (exact) mass is 260 g/mol. The Balaban J connectivity index is 2.89. The zero-order valence-corrected chi connectivity index (χ0v) is 12.8. The summed E-state index contributed by atoms with van der Waals surface area (Å²) >= 11 is 4.22. The molecule has 0 aliphatic carbocycles. The Hall–Kier alpha value is 0.310. The number of hydrogen-bond donors (Lipinski definition) is 1. The molecule has 0 radical (unpaired) electrons. The summed E-state index contributed by atoms with van der Waals surface area (Å²) in [5.41, 5.74) is 0. The van der Waals surface area contributed by atoms with Gasteiger partial charge in [-0.25, -0.2) is 0 Å². The molecule has 0 heterocycles. The average Bonchev–Trinajstić information content (AvgIpc) is 2.30. The van der Waals surface area contributed by atoms with Crippen molar-refractivity contribution in [1.82, 2.24) is 0 Å². The lowest BCUT2D eigenvalue weighted by molar-refractivity contribution is 0.124. The summed E-state index contributed by atoms with van der Waals surface area (Å²) in [6.07, 6.45) is 11.9. The number of rotatable bonds is 13. The molecule has 0 spiro atoms. The van der Waals surface area contributed by atoms with Gasteiger partial charge in [0, 0.05) is 13.2 Å². The standard InChI is InChI=1S/C15H32OS/c1-15(2)11-10-13-16-12-8-6-4-3-5-7-9-14-17/h15,17H,3-14H2,1-2H3. The van der Waals surface area contributed by atoms with E-state index in [2.05, 4.69) is 26.5 Å². The molecule has 0 saturated heterocycles. The van der Waals surface area contributed by atoms with E-state index in [0.717, 1.165) is 24.9 Å². The summed E-state index contributed by atoms with van der Waals surface area (Å²) in [7, 11) is 0. The third kappa shape index (κ3) is 16.3. The smallest absolute Gasteiger partial charge is 0.0466 e. The summed E-state index contributed by atoms with van der Waals surface area (Å²) < 4.78 is 5.62. The normalized spacial score (nSPS) is 11.3. The van der Waals surface area contributed by atoms with Crippen molar-refractivity contribution >= 4 is 12.6 Å². The first-order valence-corrected chi connectivity index (χ1v) is 8.09. The highest BCUT2D eigenvalue weighted by Crippen LogP contribution is 2.08. The van der Waals surface area contributed by atoms with E-state index >= 15 is 0 Å². The summed E-state index contributed by atoms with van der Waals surface area (Å²) in [5.74, 6) is 1.86. The van der Waals surface area contributed by atoms with Gasteiger partial charge in [-0.2, -0.15) is 12.6 Å². The van der Waals surface area contributed by atoms with Gasteiger partial charge in [-0.05, 0) is 37.4 Å². The molecule has 17 heavy (non-hydrogen) atoms. The SMILES string of the molecule is CC(C)CCCOCCCCCCCCCS. The lowest BCUT2D eigenvalue weighted by Gasteiger charge is -2.06. The predicted octanol–water partition coefficient (Wildman–Crippen LogP) is 5.10. The second-order valence-corrected chi connectivity index (χ2v) is 5.79. The molecule has 104 valence electrons. The zero-order chi connectivity index (χ0) is 12.8. The van der Waals surface area contributed by atoms with Crippen LogP contribution in [0.5, 0.6) is 0 Å². The molecule has 2 heteroatoms. The fourth-order valence-electron chi connectivity index (χ4n) is 1.90. The fourth-order valence-corrected chi connectivity index (χ4v) is 2.12. The van der Waals surface area contributed by atoms with Crippen LogP contribution in [0.1, 0.15) is 71.6 Å².